The zero-order valence-corrected chi connectivity index (χ0v) is 13.4. The number of nitrogens with one attached hydrogen (secondary N) is 1. The summed E-state index contributed by atoms with van der Waals surface area (Å²) in [6.45, 7) is 7.99. The van der Waals surface area contributed by atoms with Gasteiger partial charge in [0.15, 0.2) is 0 Å². The third-order valence-corrected chi connectivity index (χ3v) is 3.31. The van der Waals surface area contributed by atoms with E-state index in [2.05, 4.69) is 35.9 Å². The molecule has 4 nitrogen and oxygen atoms in total. The molecule has 21 heavy (non-hydrogen) atoms. The number of hydrogen-bond donors (Lipinski definition) is 2. The van der Waals surface area contributed by atoms with E-state index in [0.717, 1.165) is 17.7 Å². The third-order valence-electron chi connectivity index (χ3n) is 3.31. The maximum Gasteiger partial charge on any atom is 0.251 e. The summed E-state index contributed by atoms with van der Waals surface area (Å²) in [6.07, 6.45) is 0. The topological polar surface area (TPSA) is 58.4 Å². The molecule has 0 aromatic heterocycles. The van der Waals surface area contributed by atoms with Crippen LogP contribution in [0, 0.1) is 18.8 Å². The zero-order chi connectivity index (χ0) is 15.8. The van der Waals surface area contributed by atoms with E-state index in [9.17, 15) is 4.79 Å². The molecule has 114 valence electrons. The predicted molar refractivity (Wildman–Crippen MR) is 87.2 cm³/mol. The van der Waals surface area contributed by atoms with Gasteiger partial charge in [-0.2, -0.15) is 0 Å². The molecule has 0 unspecified atom stereocenters. The van der Waals surface area contributed by atoms with Crippen molar-refractivity contribution < 1.29 is 4.79 Å². The molecule has 0 heterocycles. The number of rotatable bonds is 5. The van der Waals surface area contributed by atoms with E-state index in [1.165, 1.54) is 0 Å². The lowest BCUT2D eigenvalue weighted by molar-refractivity contribution is 0.0948. The highest BCUT2D eigenvalue weighted by atomic mass is 16.1. The normalized spacial score (nSPS) is 10.4. The lowest BCUT2D eigenvalue weighted by Crippen LogP contribution is -2.36. The van der Waals surface area contributed by atoms with Crippen LogP contribution in [-0.4, -0.2) is 43.5 Å². The van der Waals surface area contributed by atoms with Crippen LogP contribution in [0.2, 0.25) is 0 Å². The third kappa shape index (κ3) is 5.99. The molecule has 0 aliphatic rings. The summed E-state index contributed by atoms with van der Waals surface area (Å²) >= 11 is 0. The molecule has 3 N–H and O–H groups in total. The number of carbonyl (C=O) groups excluding carboxylic acids is 1. The highest BCUT2D eigenvalue weighted by Crippen LogP contribution is 2.09. The Balaban J connectivity index is 2.67. The van der Waals surface area contributed by atoms with Crippen molar-refractivity contribution in [2.75, 3.05) is 26.7 Å². The van der Waals surface area contributed by atoms with Gasteiger partial charge in [0.05, 0.1) is 6.54 Å². The van der Waals surface area contributed by atoms with Crippen LogP contribution in [0.1, 0.15) is 35.3 Å². The van der Waals surface area contributed by atoms with Gasteiger partial charge in [-0.15, -0.1) is 0 Å². The van der Waals surface area contributed by atoms with Crippen molar-refractivity contribution in [2.45, 2.75) is 26.8 Å². The first-order valence-corrected chi connectivity index (χ1v) is 7.23. The summed E-state index contributed by atoms with van der Waals surface area (Å²) in [5, 5.41) is 2.94. The SMILES string of the molecule is Cc1cc(C#CCN)cc(C(=O)NCCN(C)C(C)C)c1. The molecular formula is C17H25N3O. The number of benzene rings is 1. The number of nitrogens with zero attached hydrogens (tertiary/aromatic N) is 1. The van der Waals surface area contributed by atoms with Crippen molar-refractivity contribution in [3.05, 3.63) is 34.9 Å². The van der Waals surface area contributed by atoms with E-state index >= 15 is 0 Å². The van der Waals surface area contributed by atoms with Crippen molar-refractivity contribution in [3.63, 3.8) is 0 Å². The molecule has 0 saturated heterocycles. The smallest absolute Gasteiger partial charge is 0.251 e. The van der Waals surface area contributed by atoms with E-state index < -0.39 is 0 Å². The zero-order valence-electron chi connectivity index (χ0n) is 13.4. The van der Waals surface area contributed by atoms with Crippen LogP contribution >= 0.6 is 0 Å². The van der Waals surface area contributed by atoms with Gasteiger partial charge < -0.3 is 16.0 Å². The van der Waals surface area contributed by atoms with Crippen LogP contribution in [0.15, 0.2) is 18.2 Å². The maximum absolute atomic E-state index is 12.2. The predicted octanol–water partition coefficient (Wildman–Crippen LogP) is 1.38. The van der Waals surface area contributed by atoms with Crippen LogP contribution in [0.25, 0.3) is 0 Å². The summed E-state index contributed by atoms with van der Waals surface area (Å²) in [6, 6.07) is 6.09. The molecule has 1 aromatic rings. The Bertz CT molecular complexity index is 541. The molecule has 1 amide bonds. The van der Waals surface area contributed by atoms with Crippen LogP contribution in [0.3, 0.4) is 0 Å². The molecule has 0 aliphatic carbocycles. The summed E-state index contributed by atoms with van der Waals surface area (Å²) in [4.78, 5) is 14.4. The van der Waals surface area contributed by atoms with Gasteiger partial charge in [0, 0.05) is 30.3 Å². The average Bonchev–Trinajstić information content (AvgIpc) is 2.44. The van der Waals surface area contributed by atoms with Crippen LogP contribution < -0.4 is 11.1 Å². The minimum atomic E-state index is -0.0633. The Morgan fingerprint density at radius 2 is 2.10 bits per heavy atom. The lowest BCUT2D eigenvalue weighted by Gasteiger charge is -2.20. The van der Waals surface area contributed by atoms with E-state index in [4.69, 9.17) is 5.73 Å². The van der Waals surface area contributed by atoms with E-state index in [-0.39, 0.29) is 5.91 Å². The van der Waals surface area contributed by atoms with Gasteiger partial charge >= 0.3 is 0 Å². The Labute approximate surface area is 127 Å². The van der Waals surface area contributed by atoms with Gasteiger partial charge in [-0.05, 0) is 51.6 Å². The highest BCUT2D eigenvalue weighted by Gasteiger charge is 2.08. The van der Waals surface area contributed by atoms with Gasteiger partial charge in [-0.3, -0.25) is 4.79 Å². The maximum atomic E-state index is 12.2. The fraction of sp³-hybridized carbons (Fsp3) is 0.471. The summed E-state index contributed by atoms with van der Waals surface area (Å²) in [7, 11) is 2.05. The van der Waals surface area contributed by atoms with Crippen molar-refractivity contribution in [1.29, 1.82) is 0 Å². The van der Waals surface area contributed by atoms with Crippen molar-refractivity contribution >= 4 is 5.91 Å². The molecule has 0 bridgehead atoms. The highest BCUT2D eigenvalue weighted by molar-refractivity contribution is 5.94. The van der Waals surface area contributed by atoms with Gasteiger partial charge in [-0.1, -0.05) is 11.8 Å². The average molecular weight is 287 g/mol. The van der Waals surface area contributed by atoms with Gasteiger partial charge in [0.25, 0.3) is 5.91 Å². The van der Waals surface area contributed by atoms with Crippen LogP contribution in [0.4, 0.5) is 0 Å². The Hall–Kier alpha value is -1.83. The van der Waals surface area contributed by atoms with Crippen LogP contribution in [-0.2, 0) is 0 Å². The quantitative estimate of drug-likeness (QED) is 0.804. The largest absolute Gasteiger partial charge is 0.351 e. The molecule has 0 radical (unpaired) electrons. The van der Waals surface area contributed by atoms with Gasteiger partial charge in [0.1, 0.15) is 0 Å². The Kier molecular flexibility index (Phi) is 6.93. The monoisotopic (exact) mass is 287 g/mol. The summed E-state index contributed by atoms with van der Waals surface area (Å²) < 4.78 is 0. The van der Waals surface area contributed by atoms with Crippen LogP contribution in [0.5, 0.6) is 0 Å². The number of hydrogen-bond acceptors (Lipinski definition) is 3. The molecule has 1 rings (SSSR count). The Morgan fingerprint density at radius 1 is 1.38 bits per heavy atom. The van der Waals surface area contributed by atoms with E-state index in [1.54, 1.807) is 6.07 Å². The van der Waals surface area contributed by atoms with E-state index in [1.807, 2.05) is 26.1 Å². The first-order valence-electron chi connectivity index (χ1n) is 7.23. The van der Waals surface area contributed by atoms with Gasteiger partial charge in [-0.25, -0.2) is 0 Å². The molecule has 0 spiro atoms. The number of likely N-dealkylation sites (N-methyl/N-ethyl adjacent to an activating group) is 1. The van der Waals surface area contributed by atoms with E-state index in [0.29, 0.717) is 24.7 Å². The second-order valence-electron chi connectivity index (χ2n) is 5.42. The lowest BCUT2D eigenvalue weighted by atomic mass is 10.1. The minimum absolute atomic E-state index is 0.0633. The number of amides is 1. The number of carbonyl (C=O) groups is 1. The number of aryl methyl sites for hydroxylation is 1. The fourth-order valence-corrected chi connectivity index (χ4v) is 1.85. The molecule has 0 aliphatic heterocycles. The van der Waals surface area contributed by atoms with Crippen molar-refractivity contribution in [1.82, 2.24) is 10.2 Å². The molecule has 1 aromatic carbocycles. The summed E-state index contributed by atoms with van der Waals surface area (Å²) in [5.41, 5.74) is 7.86. The molecule has 0 saturated carbocycles. The minimum Gasteiger partial charge on any atom is -0.351 e. The Morgan fingerprint density at radius 3 is 2.71 bits per heavy atom. The fourth-order valence-electron chi connectivity index (χ4n) is 1.85. The molecular weight excluding hydrogens is 262 g/mol. The van der Waals surface area contributed by atoms with Crippen molar-refractivity contribution in [3.8, 4) is 11.8 Å². The first kappa shape index (κ1) is 17.2. The summed E-state index contributed by atoms with van der Waals surface area (Å²) in [5.74, 6) is 5.71. The van der Waals surface area contributed by atoms with Gasteiger partial charge in [0.2, 0.25) is 0 Å². The van der Waals surface area contributed by atoms with Crippen molar-refractivity contribution in [2.24, 2.45) is 5.73 Å². The first-order chi connectivity index (χ1) is 9.93. The second kappa shape index (κ2) is 8.46. The standard InChI is InChI=1S/C17H25N3O/c1-13(2)20(4)9-8-19-17(21)16-11-14(3)10-15(12-16)6-5-7-18/h10-13H,7-9,18H2,1-4H3,(H,19,21). The number of nitrogens with two attached hydrogens (primary N) is 1. The molecule has 4 heteroatoms. The molecule has 0 atom stereocenters. The second-order valence-corrected chi connectivity index (χ2v) is 5.42. The molecule has 0 fully saturated rings.